The molecule has 0 fully saturated rings. The number of para-hydroxylation sites is 1. The number of ether oxygens (including phenoxy) is 3. The molecular formula is C17H18O5. The van der Waals surface area contributed by atoms with Gasteiger partial charge in [0.1, 0.15) is 12.4 Å². The van der Waals surface area contributed by atoms with Crippen molar-refractivity contribution in [1.82, 2.24) is 0 Å². The quantitative estimate of drug-likeness (QED) is 0.655. The van der Waals surface area contributed by atoms with E-state index in [-0.39, 0.29) is 24.5 Å². The van der Waals surface area contributed by atoms with E-state index in [0.717, 1.165) is 11.3 Å². The minimum atomic E-state index is -0.434. The summed E-state index contributed by atoms with van der Waals surface area (Å²) in [6.45, 7) is 1.96. The fourth-order valence-electron chi connectivity index (χ4n) is 1.79. The lowest BCUT2D eigenvalue weighted by molar-refractivity contribution is -0.134. The van der Waals surface area contributed by atoms with Crippen LogP contribution in [0.25, 0.3) is 0 Å². The van der Waals surface area contributed by atoms with E-state index in [2.05, 4.69) is 0 Å². The van der Waals surface area contributed by atoms with E-state index in [1.807, 2.05) is 24.3 Å². The third-order valence-electron chi connectivity index (χ3n) is 3.02. The monoisotopic (exact) mass is 302 g/mol. The number of methoxy groups -OCH3 is 1. The van der Waals surface area contributed by atoms with Gasteiger partial charge in [-0.05, 0) is 29.8 Å². The van der Waals surface area contributed by atoms with E-state index in [4.69, 9.17) is 14.2 Å². The molecule has 0 aliphatic heterocycles. The van der Waals surface area contributed by atoms with Crippen molar-refractivity contribution in [1.29, 1.82) is 0 Å². The minimum Gasteiger partial charge on any atom is -0.504 e. The summed E-state index contributed by atoms with van der Waals surface area (Å²) >= 11 is 0. The second-order valence-corrected chi connectivity index (χ2v) is 4.57. The summed E-state index contributed by atoms with van der Waals surface area (Å²) in [4.78, 5) is 11.4. The Hall–Kier alpha value is -2.69. The molecule has 1 N–H and O–H groups in total. The zero-order chi connectivity index (χ0) is 15.9. The predicted octanol–water partition coefficient (Wildman–Crippen LogP) is 3.30. The molecule has 0 atom stereocenters. The predicted molar refractivity (Wildman–Crippen MR) is 81.4 cm³/mol. The van der Waals surface area contributed by atoms with Gasteiger partial charge in [0.15, 0.2) is 11.5 Å². The van der Waals surface area contributed by atoms with Gasteiger partial charge in [0.2, 0.25) is 5.75 Å². The molecule has 0 aliphatic carbocycles. The van der Waals surface area contributed by atoms with Crippen molar-refractivity contribution in [2.45, 2.75) is 20.0 Å². The molecule has 0 radical (unpaired) electrons. The van der Waals surface area contributed by atoms with Crippen molar-refractivity contribution >= 4 is 5.97 Å². The molecule has 0 heterocycles. The van der Waals surface area contributed by atoms with Crippen LogP contribution in [-0.2, 0) is 11.4 Å². The van der Waals surface area contributed by atoms with Gasteiger partial charge in [-0.2, -0.15) is 0 Å². The summed E-state index contributed by atoms with van der Waals surface area (Å²) in [6.07, 6.45) is 0.215. The maximum Gasteiger partial charge on any atom is 0.311 e. The van der Waals surface area contributed by atoms with Crippen molar-refractivity contribution in [3.63, 3.8) is 0 Å². The Morgan fingerprint density at radius 3 is 2.50 bits per heavy atom. The number of aromatic hydroxyl groups is 1. The molecule has 0 spiro atoms. The fraction of sp³-hybridized carbons (Fsp3) is 0.235. The molecule has 0 bridgehead atoms. The Bertz CT molecular complexity index is 634. The number of hydrogen-bond acceptors (Lipinski definition) is 5. The second kappa shape index (κ2) is 7.36. The van der Waals surface area contributed by atoms with Gasteiger partial charge >= 0.3 is 5.97 Å². The number of hydrogen-bond donors (Lipinski definition) is 1. The first-order valence-electron chi connectivity index (χ1n) is 6.92. The summed E-state index contributed by atoms with van der Waals surface area (Å²) in [5.74, 6) is 0.559. The molecule has 2 aromatic carbocycles. The van der Waals surface area contributed by atoms with E-state index < -0.39 is 5.97 Å². The van der Waals surface area contributed by atoms with Crippen molar-refractivity contribution in [2.75, 3.05) is 7.11 Å². The molecular weight excluding hydrogens is 284 g/mol. The molecule has 0 amide bonds. The minimum absolute atomic E-state index is 0.0443. The molecule has 2 rings (SSSR count). The summed E-state index contributed by atoms with van der Waals surface area (Å²) < 4.78 is 15.9. The topological polar surface area (TPSA) is 65.0 Å². The first-order valence-corrected chi connectivity index (χ1v) is 6.92. The maximum absolute atomic E-state index is 11.4. The molecule has 0 saturated carbocycles. The van der Waals surface area contributed by atoms with E-state index >= 15 is 0 Å². The lowest BCUT2D eigenvalue weighted by Crippen LogP contribution is -2.07. The molecule has 0 aliphatic rings. The molecule has 5 nitrogen and oxygen atoms in total. The van der Waals surface area contributed by atoms with Gasteiger partial charge in [0.25, 0.3) is 0 Å². The van der Waals surface area contributed by atoms with Gasteiger partial charge in [-0.3, -0.25) is 4.79 Å². The second-order valence-electron chi connectivity index (χ2n) is 4.57. The number of phenols is 1. The molecule has 0 saturated heterocycles. The van der Waals surface area contributed by atoms with Gasteiger partial charge in [-0.1, -0.05) is 25.1 Å². The van der Waals surface area contributed by atoms with Crippen LogP contribution in [0.5, 0.6) is 23.0 Å². The maximum atomic E-state index is 11.4. The van der Waals surface area contributed by atoms with Crippen molar-refractivity contribution in [2.24, 2.45) is 0 Å². The third-order valence-corrected chi connectivity index (χ3v) is 3.02. The molecule has 0 aromatic heterocycles. The highest BCUT2D eigenvalue weighted by atomic mass is 16.6. The van der Waals surface area contributed by atoms with Crippen LogP contribution < -0.4 is 14.2 Å². The highest BCUT2D eigenvalue weighted by Gasteiger charge is 2.14. The highest BCUT2D eigenvalue weighted by Crippen LogP contribution is 2.36. The van der Waals surface area contributed by atoms with Crippen LogP contribution in [0.4, 0.5) is 0 Å². The highest BCUT2D eigenvalue weighted by molar-refractivity contribution is 5.74. The smallest absolute Gasteiger partial charge is 0.311 e. The summed E-state index contributed by atoms with van der Waals surface area (Å²) in [6, 6.07) is 12.1. The molecule has 5 heteroatoms. The Kier molecular flexibility index (Phi) is 5.25. The lowest BCUT2D eigenvalue weighted by Gasteiger charge is -2.12. The number of esters is 1. The largest absolute Gasteiger partial charge is 0.504 e. The first kappa shape index (κ1) is 15.7. The van der Waals surface area contributed by atoms with Crippen LogP contribution in [0.3, 0.4) is 0 Å². The third kappa shape index (κ3) is 3.91. The number of rotatable bonds is 6. The fourth-order valence-corrected chi connectivity index (χ4v) is 1.79. The zero-order valence-corrected chi connectivity index (χ0v) is 12.5. The van der Waals surface area contributed by atoms with Gasteiger partial charge < -0.3 is 19.3 Å². The SMILES string of the molecule is CCC(=O)Oc1c(O)cccc1OCc1ccc(OC)cc1. The van der Waals surface area contributed by atoms with Crippen LogP contribution in [0.15, 0.2) is 42.5 Å². The molecule has 116 valence electrons. The van der Waals surface area contributed by atoms with Gasteiger partial charge in [-0.25, -0.2) is 0 Å². The normalized spacial score (nSPS) is 10.1. The summed E-state index contributed by atoms with van der Waals surface area (Å²) in [5, 5.41) is 9.83. The first-order chi connectivity index (χ1) is 10.6. The average Bonchev–Trinajstić information content (AvgIpc) is 2.55. The van der Waals surface area contributed by atoms with Gasteiger partial charge in [-0.15, -0.1) is 0 Å². The van der Waals surface area contributed by atoms with Crippen molar-refractivity contribution in [3.05, 3.63) is 48.0 Å². The lowest BCUT2D eigenvalue weighted by atomic mass is 10.2. The van der Waals surface area contributed by atoms with Crippen LogP contribution in [0.2, 0.25) is 0 Å². The Morgan fingerprint density at radius 2 is 1.86 bits per heavy atom. The van der Waals surface area contributed by atoms with Gasteiger partial charge in [0.05, 0.1) is 7.11 Å². The van der Waals surface area contributed by atoms with Crippen LogP contribution >= 0.6 is 0 Å². The number of phenolic OH excluding ortho intramolecular Hbond substituents is 1. The Balaban J connectivity index is 2.11. The van der Waals surface area contributed by atoms with Crippen LogP contribution in [0, 0.1) is 0 Å². The van der Waals surface area contributed by atoms with Gasteiger partial charge in [0, 0.05) is 6.42 Å². The van der Waals surface area contributed by atoms with E-state index in [1.54, 1.807) is 26.2 Å². The van der Waals surface area contributed by atoms with Crippen LogP contribution in [0.1, 0.15) is 18.9 Å². The summed E-state index contributed by atoms with van der Waals surface area (Å²) in [7, 11) is 1.60. The number of carbonyl (C=O) groups excluding carboxylic acids is 1. The molecule has 2 aromatic rings. The Labute approximate surface area is 129 Å². The van der Waals surface area contributed by atoms with Crippen molar-refractivity contribution < 1.29 is 24.1 Å². The number of benzene rings is 2. The van der Waals surface area contributed by atoms with E-state index in [9.17, 15) is 9.90 Å². The standard InChI is InChI=1S/C17H18O5/c1-3-16(19)22-17-14(18)5-4-6-15(17)21-11-12-7-9-13(20-2)10-8-12/h4-10,18H,3,11H2,1-2H3. The van der Waals surface area contributed by atoms with Crippen molar-refractivity contribution in [3.8, 4) is 23.0 Å². The van der Waals surface area contributed by atoms with Crippen LogP contribution in [-0.4, -0.2) is 18.2 Å². The summed E-state index contributed by atoms with van der Waals surface area (Å²) in [5.41, 5.74) is 0.928. The van der Waals surface area contributed by atoms with E-state index in [0.29, 0.717) is 5.75 Å². The molecule has 0 unspecified atom stereocenters. The van der Waals surface area contributed by atoms with E-state index in [1.165, 1.54) is 6.07 Å². The molecule has 22 heavy (non-hydrogen) atoms. The average molecular weight is 302 g/mol. The Morgan fingerprint density at radius 1 is 1.14 bits per heavy atom. The zero-order valence-electron chi connectivity index (χ0n) is 12.5. The number of carbonyl (C=O) groups is 1.